The van der Waals surface area contributed by atoms with Gasteiger partial charge < -0.3 is 9.47 Å². The maximum Gasteiger partial charge on any atom is 0.385 e. The predicted molar refractivity (Wildman–Crippen MR) is 128 cm³/mol. The summed E-state index contributed by atoms with van der Waals surface area (Å²) >= 11 is 0. The van der Waals surface area contributed by atoms with E-state index >= 15 is 0 Å². The van der Waals surface area contributed by atoms with Gasteiger partial charge in [-0.15, -0.1) is 0 Å². The highest BCUT2D eigenvalue weighted by atomic mass is 19.4. The fourth-order valence-corrected chi connectivity index (χ4v) is 4.12. The lowest BCUT2D eigenvalue weighted by molar-refractivity contribution is -0.454. The van der Waals surface area contributed by atoms with Crippen molar-refractivity contribution < 1.29 is 89.3 Å². The average molecular weight is 715 g/mol. The van der Waals surface area contributed by atoms with E-state index in [2.05, 4.69) is 9.47 Å². The lowest BCUT2D eigenvalue weighted by Crippen LogP contribution is -2.75. The highest BCUT2D eigenvalue weighted by Crippen LogP contribution is 2.64. The van der Waals surface area contributed by atoms with Crippen LogP contribution in [0.2, 0.25) is 0 Å². The molecule has 0 fully saturated rings. The molecule has 0 radical (unpaired) electrons. The number of halogens is 16. The zero-order valence-electron chi connectivity index (χ0n) is 24.9. The summed E-state index contributed by atoms with van der Waals surface area (Å²) < 4.78 is 235. The molecule has 0 aromatic carbocycles. The first-order chi connectivity index (χ1) is 20.5. The second-order valence-corrected chi connectivity index (χ2v) is 10.6. The van der Waals surface area contributed by atoms with E-state index in [0.29, 0.717) is 0 Å². The Morgan fingerprint density at radius 2 is 0.826 bits per heavy atom. The van der Waals surface area contributed by atoms with Gasteiger partial charge in [0.05, 0.1) is 5.92 Å². The normalized spacial score (nSPS) is 14.7. The highest BCUT2D eigenvalue weighted by molar-refractivity contribution is 5.72. The molecule has 0 aliphatic carbocycles. The molecule has 0 saturated heterocycles. The zero-order valence-corrected chi connectivity index (χ0v) is 24.9. The van der Waals surface area contributed by atoms with Crippen LogP contribution in [0.15, 0.2) is 0 Å². The Kier molecular flexibility index (Phi) is 14.6. The number of alkyl halides is 16. The van der Waals surface area contributed by atoms with Crippen LogP contribution in [0.3, 0.4) is 0 Å². The van der Waals surface area contributed by atoms with Gasteiger partial charge in [-0.2, -0.15) is 70.2 Å². The molecule has 0 aliphatic rings. The van der Waals surface area contributed by atoms with Crippen LogP contribution in [0.5, 0.6) is 0 Å². The van der Waals surface area contributed by atoms with Crippen LogP contribution in [0.25, 0.3) is 0 Å². The van der Waals surface area contributed by atoms with Crippen molar-refractivity contribution in [2.45, 2.75) is 139 Å². The van der Waals surface area contributed by atoms with E-state index < -0.39 is 84.4 Å². The number of ether oxygens (including phenoxy) is 2. The molecule has 0 atom stereocenters. The van der Waals surface area contributed by atoms with Gasteiger partial charge in [0.1, 0.15) is 12.5 Å². The number of esters is 2. The smallest absolute Gasteiger partial charge is 0.385 e. The van der Waals surface area contributed by atoms with Crippen molar-refractivity contribution in [1.82, 2.24) is 0 Å². The maximum atomic E-state index is 14.2. The fourth-order valence-electron chi connectivity index (χ4n) is 4.12. The van der Waals surface area contributed by atoms with Gasteiger partial charge >= 0.3 is 59.3 Å². The van der Waals surface area contributed by atoms with Crippen molar-refractivity contribution in [1.29, 1.82) is 0 Å². The van der Waals surface area contributed by atoms with Crippen LogP contribution in [0.4, 0.5) is 70.2 Å². The molecule has 4 nitrogen and oxygen atoms in total. The van der Waals surface area contributed by atoms with Gasteiger partial charge in [-0.1, -0.05) is 53.4 Å². The molecule has 0 saturated carbocycles. The monoisotopic (exact) mass is 714 g/mol. The standard InChI is InChI=1S/C26H34F16O4/c1-5-9-15(10-6-2)18(44)45-14-20(29,30)22(33,34)24(37,38)26(41,42)25(39,40)23(35,36)21(31,32)19(27,28)13-17(43)46-16(11-7-3)12-8-4/h15-16H,5-14H2,1-4H3. The van der Waals surface area contributed by atoms with E-state index in [1.54, 1.807) is 0 Å². The molecule has 274 valence electrons. The number of hydrogen-bond acceptors (Lipinski definition) is 4. The summed E-state index contributed by atoms with van der Waals surface area (Å²) in [7, 11) is 0. The summed E-state index contributed by atoms with van der Waals surface area (Å²) in [6.45, 7) is 2.67. The van der Waals surface area contributed by atoms with Crippen LogP contribution in [-0.4, -0.2) is 72.0 Å². The second kappa shape index (κ2) is 15.4. The molecular formula is C26H34F16O4. The largest absolute Gasteiger partial charge is 0.462 e. The number of hydrogen-bond donors (Lipinski definition) is 0. The maximum absolute atomic E-state index is 14.2. The summed E-state index contributed by atoms with van der Waals surface area (Å²) in [5.41, 5.74) is 0. The van der Waals surface area contributed by atoms with Crippen molar-refractivity contribution in [3.05, 3.63) is 0 Å². The van der Waals surface area contributed by atoms with Crippen LogP contribution in [0.1, 0.15) is 85.5 Å². The number of carbonyl (C=O) groups is 2. The molecule has 0 aliphatic heterocycles. The molecular weight excluding hydrogens is 680 g/mol. The Bertz CT molecular complexity index is 988. The Morgan fingerprint density at radius 1 is 0.500 bits per heavy atom. The molecule has 0 spiro atoms. The third kappa shape index (κ3) is 8.27. The molecule has 0 bridgehead atoms. The van der Waals surface area contributed by atoms with Crippen LogP contribution < -0.4 is 0 Å². The fraction of sp³-hybridized carbons (Fsp3) is 0.923. The number of carbonyl (C=O) groups excluding carboxylic acids is 2. The second-order valence-electron chi connectivity index (χ2n) is 10.6. The molecule has 46 heavy (non-hydrogen) atoms. The Labute approximate surface area is 253 Å². The van der Waals surface area contributed by atoms with E-state index in [0.717, 1.165) is 0 Å². The summed E-state index contributed by atoms with van der Waals surface area (Å²) in [6.07, 6.45) is -4.17. The minimum Gasteiger partial charge on any atom is -0.462 e. The van der Waals surface area contributed by atoms with Gasteiger partial charge in [0.2, 0.25) is 0 Å². The molecule has 0 N–H and O–H groups in total. The summed E-state index contributed by atoms with van der Waals surface area (Å²) in [5, 5.41) is 0. The lowest BCUT2D eigenvalue weighted by atomic mass is 9.87. The SMILES string of the molecule is CCCC(CCC)OC(=O)CC(F)(F)C(F)(F)C(F)(F)C(F)(F)C(F)(F)C(F)(F)C(F)(F)C(F)(F)COC(=O)C(CCC)CCC. The minimum absolute atomic E-state index is 0.0901. The molecule has 0 heterocycles. The van der Waals surface area contributed by atoms with E-state index in [9.17, 15) is 79.8 Å². The van der Waals surface area contributed by atoms with Crippen LogP contribution >= 0.6 is 0 Å². The lowest BCUT2D eigenvalue weighted by Gasteiger charge is -2.43. The average Bonchev–Trinajstić information content (AvgIpc) is 2.90. The predicted octanol–water partition coefficient (Wildman–Crippen LogP) is 9.73. The van der Waals surface area contributed by atoms with Gasteiger partial charge in [0, 0.05) is 0 Å². The van der Waals surface area contributed by atoms with E-state index in [4.69, 9.17) is 0 Å². The van der Waals surface area contributed by atoms with Crippen molar-refractivity contribution >= 4 is 11.9 Å². The van der Waals surface area contributed by atoms with Gasteiger partial charge in [0.25, 0.3) is 0 Å². The van der Waals surface area contributed by atoms with Gasteiger partial charge in [-0.05, 0) is 25.7 Å². The number of rotatable bonds is 21. The summed E-state index contributed by atoms with van der Waals surface area (Å²) in [4.78, 5) is 23.6. The molecule has 0 amide bonds. The molecule has 0 aromatic heterocycles. The van der Waals surface area contributed by atoms with Crippen molar-refractivity contribution in [3.8, 4) is 0 Å². The highest BCUT2D eigenvalue weighted by Gasteiger charge is 2.94. The molecule has 20 heteroatoms. The molecule has 0 unspecified atom stereocenters. The third-order valence-corrected chi connectivity index (χ3v) is 6.78. The molecule has 0 aromatic rings. The Balaban J connectivity index is 6.46. The quantitative estimate of drug-likeness (QED) is 0.0878. The van der Waals surface area contributed by atoms with E-state index in [1.807, 2.05) is 0 Å². The van der Waals surface area contributed by atoms with Gasteiger partial charge in [-0.3, -0.25) is 9.59 Å². The first kappa shape index (κ1) is 43.8. The third-order valence-electron chi connectivity index (χ3n) is 6.78. The van der Waals surface area contributed by atoms with Gasteiger partial charge in [-0.25, -0.2) is 0 Å². The van der Waals surface area contributed by atoms with Gasteiger partial charge in [0.15, 0.2) is 6.61 Å². The van der Waals surface area contributed by atoms with E-state index in [1.165, 1.54) is 27.7 Å². The first-order valence-corrected chi connectivity index (χ1v) is 13.9. The van der Waals surface area contributed by atoms with Crippen LogP contribution in [0, 0.1) is 5.92 Å². The topological polar surface area (TPSA) is 52.6 Å². The first-order valence-electron chi connectivity index (χ1n) is 13.9. The van der Waals surface area contributed by atoms with Crippen molar-refractivity contribution in [2.75, 3.05) is 6.61 Å². The van der Waals surface area contributed by atoms with Crippen LogP contribution in [-0.2, 0) is 19.1 Å². The molecule has 0 rings (SSSR count). The minimum atomic E-state index is -8.63. The zero-order chi connectivity index (χ0) is 36.8. The van der Waals surface area contributed by atoms with Crippen molar-refractivity contribution in [3.63, 3.8) is 0 Å². The van der Waals surface area contributed by atoms with E-state index in [-0.39, 0.29) is 51.4 Å². The van der Waals surface area contributed by atoms with Crippen molar-refractivity contribution in [2.24, 2.45) is 5.92 Å². The Morgan fingerprint density at radius 3 is 1.17 bits per heavy atom. The summed E-state index contributed by atoms with van der Waals surface area (Å²) in [5.74, 6) is -68.8. The Hall–Kier alpha value is -2.18. The summed E-state index contributed by atoms with van der Waals surface area (Å²) in [6, 6.07) is 0.